The summed E-state index contributed by atoms with van der Waals surface area (Å²) in [5.41, 5.74) is 0. The fourth-order valence-corrected chi connectivity index (χ4v) is 4.16. The highest BCUT2D eigenvalue weighted by molar-refractivity contribution is 4.84. The number of rotatable bonds is 4. The van der Waals surface area contributed by atoms with E-state index in [0.717, 1.165) is 5.92 Å². The van der Waals surface area contributed by atoms with Gasteiger partial charge in [-0.15, -0.1) is 0 Å². The number of nitrogens with one attached hydrogen (secondary N) is 1. The van der Waals surface area contributed by atoms with Gasteiger partial charge in [-0.2, -0.15) is 13.2 Å². The first-order valence-corrected chi connectivity index (χ1v) is 8.81. The van der Waals surface area contributed by atoms with Crippen LogP contribution in [0, 0.1) is 11.8 Å². The topological polar surface area (TPSA) is 12.0 Å². The van der Waals surface area contributed by atoms with Crippen molar-refractivity contribution in [1.82, 2.24) is 5.32 Å². The fraction of sp³-hybridized carbons (Fsp3) is 1.00. The number of hydrogen-bond donors (Lipinski definition) is 1. The van der Waals surface area contributed by atoms with Crippen molar-refractivity contribution in [2.75, 3.05) is 0 Å². The molecule has 0 aromatic carbocycles. The average molecular weight is 305 g/mol. The molecule has 21 heavy (non-hydrogen) atoms. The summed E-state index contributed by atoms with van der Waals surface area (Å²) >= 11 is 0. The lowest BCUT2D eigenvalue weighted by atomic mass is 9.85. The van der Waals surface area contributed by atoms with E-state index in [1.165, 1.54) is 44.9 Å². The van der Waals surface area contributed by atoms with Gasteiger partial charge in [-0.3, -0.25) is 0 Å². The molecule has 2 unspecified atom stereocenters. The third-order valence-corrected chi connectivity index (χ3v) is 5.45. The normalized spacial score (nSPS) is 35.4. The van der Waals surface area contributed by atoms with Gasteiger partial charge in [0, 0.05) is 12.1 Å². The third kappa shape index (κ3) is 5.46. The van der Waals surface area contributed by atoms with Crippen LogP contribution < -0.4 is 5.32 Å². The summed E-state index contributed by atoms with van der Waals surface area (Å²) in [6, 6.07) is 0.857. The predicted octanol–water partition coefficient (Wildman–Crippen LogP) is 5.45. The number of hydrogen-bond acceptors (Lipinski definition) is 1. The highest BCUT2D eigenvalue weighted by atomic mass is 19.4. The molecule has 0 bridgehead atoms. The predicted molar refractivity (Wildman–Crippen MR) is 80.2 cm³/mol. The van der Waals surface area contributed by atoms with Gasteiger partial charge in [-0.1, -0.05) is 32.6 Å². The van der Waals surface area contributed by atoms with Crippen molar-refractivity contribution in [3.8, 4) is 0 Å². The van der Waals surface area contributed by atoms with Crippen LogP contribution in [0.5, 0.6) is 0 Å². The monoisotopic (exact) mass is 305 g/mol. The zero-order chi connectivity index (χ0) is 15.3. The second-order valence-electron chi connectivity index (χ2n) is 7.12. The van der Waals surface area contributed by atoms with Crippen LogP contribution in [0.15, 0.2) is 0 Å². The van der Waals surface area contributed by atoms with Gasteiger partial charge >= 0.3 is 6.18 Å². The maximum Gasteiger partial charge on any atom is 0.391 e. The zero-order valence-electron chi connectivity index (χ0n) is 13.2. The van der Waals surface area contributed by atoms with E-state index >= 15 is 0 Å². The number of halogens is 3. The van der Waals surface area contributed by atoms with Crippen molar-refractivity contribution in [1.29, 1.82) is 0 Å². The van der Waals surface area contributed by atoms with Gasteiger partial charge in [0.15, 0.2) is 0 Å². The molecule has 0 aromatic heterocycles. The third-order valence-electron chi connectivity index (χ3n) is 5.45. The van der Waals surface area contributed by atoms with E-state index in [-0.39, 0.29) is 0 Å². The molecule has 1 nitrogen and oxygen atoms in total. The first-order chi connectivity index (χ1) is 9.99. The van der Waals surface area contributed by atoms with Crippen molar-refractivity contribution in [2.45, 2.75) is 95.8 Å². The van der Waals surface area contributed by atoms with Crippen LogP contribution in [0.2, 0.25) is 0 Å². The molecular formula is C17H30F3N. The van der Waals surface area contributed by atoms with Crippen molar-refractivity contribution in [3.63, 3.8) is 0 Å². The largest absolute Gasteiger partial charge is 0.391 e. The van der Waals surface area contributed by atoms with Gasteiger partial charge in [-0.05, 0) is 50.9 Å². The molecule has 0 aliphatic heterocycles. The minimum atomic E-state index is -3.99. The van der Waals surface area contributed by atoms with E-state index in [1.807, 2.05) is 0 Å². The van der Waals surface area contributed by atoms with Crippen LogP contribution in [0.3, 0.4) is 0 Å². The summed E-state index contributed by atoms with van der Waals surface area (Å²) in [5, 5.41) is 3.67. The molecule has 4 heteroatoms. The first-order valence-electron chi connectivity index (χ1n) is 8.81. The SMILES string of the molecule is CCCC1CCCC(NC2CCC(C(F)(F)F)CC2)CC1. The molecule has 0 aromatic rings. The van der Waals surface area contributed by atoms with Gasteiger partial charge in [0.05, 0.1) is 5.92 Å². The first kappa shape index (κ1) is 17.1. The minimum Gasteiger partial charge on any atom is -0.311 e. The van der Waals surface area contributed by atoms with E-state index in [0.29, 0.717) is 37.8 Å². The minimum absolute atomic E-state index is 0.312. The molecule has 0 amide bonds. The van der Waals surface area contributed by atoms with Gasteiger partial charge < -0.3 is 5.32 Å². The Hall–Kier alpha value is -0.250. The molecule has 0 spiro atoms. The van der Waals surface area contributed by atoms with Crippen LogP contribution in [0.25, 0.3) is 0 Å². The maximum absolute atomic E-state index is 12.7. The fourth-order valence-electron chi connectivity index (χ4n) is 4.16. The summed E-state index contributed by atoms with van der Waals surface area (Å²) in [6.07, 6.45) is 6.96. The Morgan fingerprint density at radius 2 is 1.48 bits per heavy atom. The molecule has 1 N–H and O–H groups in total. The molecule has 2 aliphatic rings. The Labute approximate surface area is 127 Å². The van der Waals surface area contributed by atoms with Crippen LogP contribution >= 0.6 is 0 Å². The van der Waals surface area contributed by atoms with Gasteiger partial charge in [0.1, 0.15) is 0 Å². The van der Waals surface area contributed by atoms with Gasteiger partial charge in [0.25, 0.3) is 0 Å². The molecule has 2 fully saturated rings. The Kier molecular flexibility index (Phi) is 6.39. The average Bonchev–Trinajstić information content (AvgIpc) is 2.65. The molecule has 2 rings (SSSR count). The van der Waals surface area contributed by atoms with Crippen LogP contribution in [0.4, 0.5) is 13.2 Å². The van der Waals surface area contributed by atoms with E-state index in [4.69, 9.17) is 0 Å². The Morgan fingerprint density at radius 1 is 0.857 bits per heavy atom. The summed E-state index contributed by atoms with van der Waals surface area (Å²) in [7, 11) is 0. The summed E-state index contributed by atoms with van der Waals surface area (Å²) < 4.78 is 38.0. The lowest BCUT2D eigenvalue weighted by molar-refractivity contribution is -0.182. The van der Waals surface area contributed by atoms with Crippen molar-refractivity contribution < 1.29 is 13.2 Å². The lowest BCUT2D eigenvalue weighted by Crippen LogP contribution is -2.42. The van der Waals surface area contributed by atoms with Crippen molar-refractivity contribution >= 4 is 0 Å². The Morgan fingerprint density at radius 3 is 2.10 bits per heavy atom. The highest BCUT2D eigenvalue weighted by Crippen LogP contribution is 2.38. The molecule has 2 aliphatic carbocycles. The molecule has 0 heterocycles. The second-order valence-corrected chi connectivity index (χ2v) is 7.12. The molecule has 0 radical (unpaired) electrons. The zero-order valence-corrected chi connectivity index (χ0v) is 13.2. The Balaban J connectivity index is 1.71. The van der Waals surface area contributed by atoms with E-state index < -0.39 is 12.1 Å². The molecule has 0 saturated heterocycles. The lowest BCUT2D eigenvalue weighted by Gasteiger charge is -2.33. The molecule has 124 valence electrons. The van der Waals surface area contributed by atoms with E-state index in [2.05, 4.69) is 12.2 Å². The maximum atomic E-state index is 12.7. The standard InChI is InChI=1S/C17H30F3N/c1-2-4-13-5-3-6-15(10-7-13)21-16-11-8-14(9-12-16)17(18,19)20/h13-16,21H,2-12H2,1H3. The second kappa shape index (κ2) is 7.85. The summed E-state index contributed by atoms with van der Waals surface area (Å²) in [4.78, 5) is 0. The van der Waals surface area contributed by atoms with Crippen LogP contribution in [-0.2, 0) is 0 Å². The quantitative estimate of drug-likeness (QED) is 0.681. The Bertz CT molecular complexity index is 295. The van der Waals surface area contributed by atoms with Gasteiger partial charge in [-0.25, -0.2) is 0 Å². The smallest absolute Gasteiger partial charge is 0.311 e. The molecule has 2 atom stereocenters. The molecule has 2 saturated carbocycles. The molecular weight excluding hydrogens is 275 g/mol. The van der Waals surface area contributed by atoms with E-state index in [1.54, 1.807) is 0 Å². The van der Waals surface area contributed by atoms with Crippen LogP contribution in [-0.4, -0.2) is 18.3 Å². The summed E-state index contributed by atoms with van der Waals surface area (Å²) in [5.74, 6) is -0.179. The van der Waals surface area contributed by atoms with Crippen molar-refractivity contribution in [2.24, 2.45) is 11.8 Å². The van der Waals surface area contributed by atoms with E-state index in [9.17, 15) is 13.2 Å². The highest BCUT2D eigenvalue weighted by Gasteiger charge is 2.41. The van der Waals surface area contributed by atoms with Gasteiger partial charge in [0.2, 0.25) is 0 Å². The van der Waals surface area contributed by atoms with Crippen molar-refractivity contribution in [3.05, 3.63) is 0 Å². The summed E-state index contributed by atoms with van der Waals surface area (Å²) in [6.45, 7) is 2.25. The van der Waals surface area contributed by atoms with Crippen LogP contribution in [0.1, 0.15) is 77.6 Å². The number of alkyl halides is 3.